The van der Waals surface area contributed by atoms with Crippen molar-refractivity contribution in [2.45, 2.75) is 13.8 Å². The van der Waals surface area contributed by atoms with Crippen molar-refractivity contribution >= 4 is 29.1 Å². The summed E-state index contributed by atoms with van der Waals surface area (Å²) in [6.07, 6.45) is -0.602. The number of ether oxygens (including phenoxy) is 1. The van der Waals surface area contributed by atoms with Crippen LogP contribution in [-0.2, 0) is 4.74 Å². The monoisotopic (exact) mass is 253 g/mol. The summed E-state index contributed by atoms with van der Waals surface area (Å²) in [6, 6.07) is 5.86. The molecule has 0 unspecified atom stereocenters. The van der Waals surface area contributed by atoms with Gasteiger partial charge in [0, 0.05) is 5.69 Å². The minimum absolute atomic E-state index is 0.295. The number of amides is 1. The first kappa shape index (κ1) is 13.2. The van der Waals surface area contributed by atoms with Crippen LogP contribution >= 0.6 is 12.2 Å². The van der Waals surface area contributed by atoms with E-state index in [0.717, 1.165) is 11.3 Å². The van der Waals surface area contributed by atoms with Gasteiger partial charge in [0.05, 0.1) is 7.11 Å². The number of methoxy groups -OCH3 is 1. The van der Waals surface area contributed by atoms with Crippen molar-refractivity contribution in [3.8, 4) is 0 Å². The number of anilines is 1. The summed E-state index contributed by atoms with van der Waals surface area (Å²) in [5.41, 5.74) is 7.96. The normalized spacial score (nSPS) is 9.35. The van der Waals surface area contributed by atoms with Gasteiger partial charge in [-0.05, 0) is 43.3 Å². The summed E-state index contributed by atoms with van der Waals surface area (Å²) in [5, 5.41) is 3.28. The van der Waals surface area contributed by atoms with Crippen LogP contribution in [0.25, 0.3) is 0 Å². The number of benzene rings is 1. The third-order valence-electron chi connectivity index (χ3n) is 2.32. The van der Waals surface area contributed by atoms with Gasteiger partial charge in [0.2, 0.25) is 0 Å². The molecule has 0 spiro atoms. The molecule has 0 saturated carbocycles. The van der Waals surface area contributed by atoms with E-state index in [-0.39, 0.29) is 0 Å². The Morgan fingerprint density at radius 2 is 2.00 bits per heavy atom. The molecule has 1 aromatic rings. The molecule has 5 nitrogen and oxygen atoms in total. The van der Waals surface area contributed by atoms with Gasteiger partial charge in [-0.15, -0.1) is 0 Å². The molecule has 3 N–H and O–H groups in total. The molecule has 17 heavy (non-hydrogen) atoms. The molecule has 0 aliphatic heterocycles. The highest BCUT2D eigenvalue weighted by molar-refractivity contribution is 7.80. The van der Waals surface area contributed by atoms with Gasteiger partial charge >= 0.3 is 6.09 Å². The maximum Gasteiger partial charge on any atom is 0.425 e. The van der Waals surface area contributed by atoms with Gasteiger partial charge in [-0.2, -0.15) is 0 Å². The second kappa shape index (κ2) is 6.05. The summed E-state index contributed by atoms with van der Waals surface area (Å²) in [5.74, 6) is 0. The van der Waals surface area contributed by atoms with Gasteiger partial charge in [-0.25, -0.2) is 10.2 Å². The number of rotatable bonds is 1. The molecule has 0 aliphatic rings. The van der Waals surface area contributed by atoms with Gasteiger partial charge in [-0.3, -0.25) is 5.43 Å². The predicted molar refractivity (Wildman–Crippen MR) is 70.8 cm³/mol. The number of carbonyl (C=O) groups is 1. The Kier molecular flexibility index (Phi) is 4.71. The second-order valence-electron chi connectivity index (χ2n) is 3.44. The largest absolute Gasteiger partial charge is 0.452 e. The zero-order valence-electron chi connectivity index (χ0n) is 9.96. The number of hydrogen-bond donors (Lipinski definition) is 3. The zero-order valence-corrected chi connectivity index (χ0v) is 10.8. The molecular weight excluding hydrogens is 238 g/mol. The average Bonchev–Trinajstić information content (AvgIpc) is 2.32. The first-order chi connectivity index (χ1) is 8.04. The molecule has 0 fully saturated rings. The highest BCUT2D eigenvalue weighted by atomic mass is 32.1. The maximum atomic E-state index is 10.8. The van der Waals surface area contributed by atoms with Crippen molar-refractivity contribution in [2.24, 2.45) is 0 Å². The lowest BCUT2D eigenvalue weighted by Gasteiger charge is -2.13. The highest BCUT2D eigenvalue weighted by Crippen LogP contribution is 2.17. The van der Waals surface area contributed by atoms with Crippen molar-refractivity contribution in [2.75, 3.05) is 12.4 Å². The van der Waals surface area contributed by atoms with Crippen LogP contribution in [-0.4, -0.2) is 18.3 Å². The SMILES string of the molecule is COC(=O)NNC(=S)Nc1cccc(C)c1C. The van der Waals surface area contributed by atoms with Gasteiger partial charge in [0.15, 0.2) is 5.11 Å². The Hall–Kier alpha value is -1.82. The van der Waals surface area contributed by atoms with Crippen LogP contribution in [0.5, 0.6) is 0 Å². The first-order valence-electron chi connectivity index (χ1n) is 5.01. The molecule has 0 aliphatic carbocycles. The maximum absolute atomic E-state index is 10.8. The fourth-order valence-electron chi connectivity index (χ4n) is 1.20. The second-order valence-corrected chi connectivity index (χ2v) is 3.85. The molecule has 0 radical (unpaired) electrons. The van der Waals surface area contributed by atoms with E-state index in [0.29, 0.717) is 5.11 Å². The highest BCUT2D eigenvalue weighted by Gasteiger charge is 2.03. The fourth-order valence-corrected chi connectivity index (χ4v) is 1.36. The van der Waals surface area contributed by atoms with E-state index in [9.17, 15) is 4.79 Å². The molecule has 0 atom stereocenters. The minimum Gasteiger partial charge on any atom is -0.452 e. The quantitative estimate of drug-likeness (QED) is 0.527. The number of hydrogen-bond acceptors (Lipinski definition) is 3. The number of hydrazine groups is 1. The molecule has 1 amide bonds. The summed E-state index contributed by atoms with van der Waals surface area (Å²) in [4.78, 5) is 10.8. The van der Waals surface area contributed by atoms with Crippen molar-refractivity contribution in [1.82, 2.24) is 10.9 Å². The van der Waals surface area contributed by atoms with E-state index in [2.05, 4.69) is 20.9 Å². The third-order valence-corrected chi connectivity index (χ3v) is 2.52. The Labute approximate surface area is 106 Å². The smallest absolute Gasteiger partial charge is 0.425 e. The molecule has 1 rings (SSSR count). The van der Waals surface area contributed by atoms with Gasteiger partial charge in [0.1, 0.15) is 0 Å². The Morgan fingerprint density at radius 3 is 2.65 bits per heavy atom. The lowest BCUT2D eigenvalue weighted by molar-refractivity contribution is 0.169. The molecule has 0 heterocycles. The van der Waals surface area contributed by atoms with Crippen molar-refractivity contribution in [1.29, 1.82) is 0 Å². The summed E-state index contributed by atoms with van der Waals surface area (Å²) in [6.45, 7) is 4.01. The van der Waals surface area contributed by atoms with E-state index < -0.39 is 6.09 Å². The van der Waals surface area contributed by atoms with Crippen molar-refractivity contribution in [3.63, 3.8) is 0 Å². The Balaban J connectivity index is 2.56. The fraction of sp³-hybridized carbons (Fsp3) is 0.273. The van der Waals surface area contributed by atoms with Crippen LogP contribution in [0.15, 0.2) is 18.2 Å². The van der Waals surface area contributed by atoms with Crippen LogP contribution in [0, 0.1) is 13.8 Å². The van der Waals surface area contributed by atoms with Gasteiger partial charge < -0.3 is 10.1 Å². The van der Waals surface area contributed by atoms with Crippen LogP contribution in [0.2, 0.25) is 0 Å². The number of thiocarbonyl (C=S) groups is 1. The topological polar surface area (TPSA) is 62.4 Å². The lowest BCUT2D eigenvalue weighted by Crippen LogP contribution is -2.43. The average molecular weight is 253 g/mol. The van der Waals surface area contributed by atoms with E-state index in [1.807, 2.05) is 32.0 Å². The Morgan fingerprint density at radius 1 is 1.29 bits per heavy atom. The van der Waals surface area contributed by atoms with Gasteiger partial charge in [0.25, 0.3) is 0 Å². The minimum atomic E-state index is -0.602. The molecule has 0 saturated heterocycles. The van der Waals surface area contributed by atoms with E-state index >= 15 is 0 Å². The van der Waals surface area contributed by atoms with Crippen LogP contribution in [0.3, 0.4) is 0 Å². The molecule has 0 aromatic heterocycles. The molecule has 92 valence electrons. The lowest BCUT2D eigenvalue weighted by atomic mass is 10.1. The van der Waals surface area contributed by atoms with Gasteiger partial charge in [-0.1, -0.05) is 12.1 Å². The molecule has 6 heteroatoms. The summed E-state index contributed by atoms with van der Waals surface area (Å²) in [7, 11) is 1.28. The zero-order chi connectivity index (χ0) is 12.8. The summed E-state index contributed by atoms with van der Waals surface area (Å²) >= 11 is 5.01. The van der Waals surface area contributed by atoms with Crippen LogP contribution in [0.1, 0.15) is 11.1 Å². The standard InChI is InChI=1S/C11H15N3O2S/c1-7-5-4-6-9(8(7)2)12-10(17)13-14-11(15)16-3/h4-6H,1-3H3,(H,14,15)(H2,12,13,17). The number of nitrogens with one attached hydrogen (secondary N) is 3. The van der Waals surface area contributed by atoms with E-state index in [4.69, 9.17) is 12.2 Å². The number of carbonyl (C=O) groups excluding carboxylic acids is 1. The first-order valence-corrected chi connectivity index (χ1v) is 5.42. The summed E-state index contributed by atoms with van der Waals surface area (Å²) < 4.78 is 4.39. The predicted octanol–water partition coefficient (Wildman–Crippen LogP) is 1.86. The van der Waals surface area contributed by atoms with E-state index in [1.54, 1.807) is 0 Å². The molecule has 1 aromatic carbocycles. The number of aryl methyl sites for hydroxylation is 1. The van der Waals surface area contributed by atoms with Crippen molar-refractivity contribution < 1.29 is 9.53 Å². The third kappa shape index (κ3) is 3.92. The molecular formula is C11H15N3O2S. The Bertz CT molecular complexity index is 435. The van der Waals surface area contributed by atoms with Crippen LogP contribution in [0.4, 0.5) is 10.5 Å². The van der Waals surface area contributed by atoms with E-state index in [1.165, 1.54) is 12.7 Å². The van der Waals surface area contributed by atoms with Crippen molar-refractivity contribution in [3.05, 3.63) is 29.3 Å². The van der Waals surface area contributed by atoms with Crippen LogP contribution < -0.4 is 16.2 Å². The molecule has 0 bridgehead atoms.